The summed E-state index contributed by atoms with van der Waals surface area (Å²) in [6.45, 7) is 6.54. The number of aryl methyl sites for hydroxylation is 1. The number of halogens is 2. The van der Waals surface area contributed by atoms with Crippen molar-refractivity contribution in [1.29, 1.82) is 0 Å². The zero-order chi connectivity index (χ0) is 21.1. The van der Waals surface area contributed by atoms with Gasteiger partial charge in [0.1, 0.15) is 0 Å². The Labute approximate surface area is 190 Å². The van der Waals surface area contributed by atoms with Crippen LogP contribution in [0.4, 0.5) is 5.13 Å². The summed E-state index contributed by atoms with van der Waals surface area (Å²) in [4.78, 5) is 22.3. The standard InChI is InChI=1S/C22H23Cl2N3O2S/c1-2-15-3-6-19-20(13-15)30-22(25-19)27(8-7-26-9-11-29-12-10-26)21(28)17-14-16(23)4-5-18(17)24/h3-6,13-14H,2,7-12H2,1H3. The minimum absolute atomic E-state index is 0.189. The number of thiazole rings is 1. The molecule has 8 heteroatoms. The molecule has 0 aliphatic carbocycles. The van der Waals surface area contributed by atoms with Gasteiger partial charge in [-0.05, 0) is 42.3 Å². The molecule has 5 nitrogen and oxygen atoms in total. The lowest BCUT2D eigenvalue weighted by atomic mass is 10.2. The first-order valence-corrected chi connectivity index (χ1v) is 11.6. The van der Waals surface area contributed by atoms with E-state index in [0.29, 0.717) is 27.3 Å². The molecule has 158 valence electrons. The summed E-state index contributed by atoms with van der Waals surface area (Å²) in [6.07, 6.45) is 0.959. The van der Waals surface area contributed by atoms with Crippen LogP contribution in [-0.2, 0) is 11.2 Å². The quantitative estimate of drug-likeness (QED) is 0.507. The Kier molecular flexibility index (Phi) is 6.91. The molecule has 3 aromatic rings. The van der Waals surface area contributed by atoms with Crippen LogP contribution in [0.1, 0.15) is 22.8 Å². The minimum atomic E-state index is -0.189. The van der Waals surface area contributed by atoms with E-state index in [9.17, 15) is 4.79 Å². The summed E-state index contributed by atoms with van der Waals surface area (Å²) >= 11 is 14.0. The number of benzene rings is 2. The number of carbonyl (C=O) groups is 1. The second-order valence-corrected chi connectivity index (χ2v) is 9.04. The molecule has 1 fully saturated rings. The van der Waals surface area contributed by atoms with Crippen LogP contribution in [0.2, 0.25) is 10.0 Å². The summed E-state index contributed by atoms with van der Waals surface area (Å²) in [7, 11) is 0. The van der Waals surface area contributed by atoms with Crippen LogP contribution < -0.4 is 4.90 Å². The van der Waals surface area contributed by atoms with Crippen molar-refractivity contribution < 1.29 is 9.53 Å². The van der Waals surface area contributed by atoms with Crippen LogP contribution >= 0.6 is 34.5 Å². The molecule has 1 aliphatic heterocycles. The maximum atomic E-state index is 13.5. The van der Waals surface area contributed by atoms with E-state index in [4.69, 9.17) is 32.9 Å². The summed E-state index contributed by atoms with van der Waals surface area (Å²) in [5, 5.41) is 1.54. The fourth-order valence-corrected chi connectivity index (χ4v) is 4.87. The molecule has 2 aromatic carbocycles. The first kappa shape index (κ1) is 21.5. The van der Waals surface area contributed by atoms with Gasteiger partial charge in [0.05, 0.1) is 34.0 Å². The lowest BCUT2D eigenvalue weighted by molar-refractivity contribution is 0.0391. The minimum Gasteiger partial charge on any atom is -0.379 e. The molecule has 0 radical (unpaired) electrons. The number of ether oxygens (including phenoxy) is 1. The number of hydrogen-bond acceptors (Lipinski definition) is 5. The number of hydrogen-bond donors (Lipinski definition) is 0. The van der Waals surface area contributed by atoms with Crippen molar-refractivity contribution in [2.45, 2.75) is 13.3 Å². The average molecular weight is 464 g/mol. The predicted molar refractivity (Wildman–Crippen MR) is 124 cm³/mol. The number of nitrogens with zero attached hydrogens (tertiary/aromatic N) is 3. The SMILES string of the molecule is CCc1ccc2nc(N(CCN3CCOCC3)C(=O)c3cc(Cl)ccc3Cl)sc2c1. The van der Waals surface area contributed by atoms with Gasteiger partial charge in [-0.2, -0.15) is 0 Å². The maximum Gasteiger partial charge on any atom is 0.261 e. The molecule has 4 rings (SSSR count). The Hall–Kier alpha value is -1.70. The Morgan fingerprint density at radius 2 is 2.00 bits per heavy atom. The maximum absolute atomic E-state index is 13.5. The Morgan fingerprint density at radius 3 is 2.77 bits per heavy atom. The van der Waals surface area contributed by atoms with Crippen molar-refractivity contribution in [3.63, 3.8) is 0 Å². The van der Waals surface area contributed by atoms with Gasteiger partial charge in [0.2, 0.25) is 0 Å². The number of aromatic nitrogens is 1. The summed E-state index contributed by atoms with van der Waals surface area (Å²) in [5.41, 5.74) is 2.54. The van der Waals surface area contributed by atoms with E-state index in [1.165, 1.54) is 16.9 Å². The average Bonchev–Trinajstić information content (AvgIpc) is 3.19. The highest BCUT2D eigenvalue weighted by molar-refractivity contribution is 7.22. The van der Waals surface area contributed by atoms with Crippen LogP contribution in [0.5, 0.6) is 0 Å². The van der Waals surface area contributed by atoms with E-state index in [1.54, 1.807) is 23.1 Å². The predicted octanol–water partition coefficient (Wildman–Crippen LogP) is 5.14. The number of rotatable bonds is 6. The molecular weight excluding hydrogens is 441 g/mol. The van der Waals surface area contributed by atoms with Crippen molar-refractivity contribution in [1.82, 2.24) is 9.88 Å². The van der Waals surface area contributed by atoms with Crippen LogP contribution in [0.15, 0.2) is 36.4 Å². The Morgan fingerprint density at radius 1 is 1.20 bits per heavy atom. The molecule has 0 spiro atoms. The zero-order valence-corrected chi connectivity index (χ0v) is 19.1. The third-order valence-electron chi connectivity index (χ3n) is 5.23. The van der Waals surface area contributed by atoms with Crippen molar-refractivity contribution >= 4 is 55.8 Å². The second-order valence-electron chi connectivity index (χ2n) is 7.19. The lowest BCUT2D eigenvalue weighted by Crippen LogP contribution is -2.43. The van der Waals surface area contributed by atoms with E-state index >= 15 is 0 Å². The number of morpholine rings is 1. The molecule has 1 saturated heterocycles. The van der Waals surface area contributed by atoms with Crippen molar-refractivity contribution in [3.05, 3.63) is 57.6 Å². The van der Waals surface area contributed by atoms with Crippen LogP contribution in [0.3, 0.4) is 0 Å². The molecule has 0 unspecified atom stereocenters. The molecule has 1 amide bonds. The largest absolute Gasteiger partial charge is 0.379 e. The fraction of sp³-hybridized carbons (Fsp3) is 0.364. The molecule has 1 aromatic heterocycles. The van der Waals surface area contributed by atoms with E-state index in [1.807, 2.05) is 6.07 Å². The van der Waals surface area contributed by atoms with E-state index in [-0.39, 0.29) is 5.91 Å². The second kappa shape index (κ2) is 9.62. The molecule has 0 saturated carbocycles. The smallest absolute Gasteiger partial charge is 0.261 e. The summed E-state index contributed by atoms with van der Waals surface area (Å²) in [6, 6.07) is 11.2. The first-order chi connectivity index (χ1) is 14.5. The van der Waals surface area contributed by atoms with Gasteiger partial charge in [0.25, 0.3) is 5.91 Å². The number of carbonyl (C=O) groups excluding carboxylic acids is 1. The number of anilines is 1. The van der Waals surface area contributed by atoms with Crippen LogP contribution in [-0.4, -0.2) is 55.2 Å². The fourth-order valence-electron chi connectivity index (χ4n) is 3.45. The highest BCUT2D eigenvalue weighted by atomic mass is 35.5. The van der Waals surface area contributed by atoms with Gasteiger partial charge in [-0.25, -0.2) is 4.98 Å². The Bertz CT molecular complexity index is 1050. The van der Waals surface area contributed by atoms with Gasteiger partial charge >= 0.3 is 0 Å². The molecule has 0 N–H and O–H groups in total. The van der Waals surface area contributed by atoms with Gasteiger partial charge in [-0.15, -0.1) is 0 Å². The van der Waals surface area contributed by atoms with Gasteiger partial charge in [0.15, 0.2) is 5.13 Å². The van der Waals surface area contributed by atoms with Gasteiger partial charge < -0.3 is 4.74 Å². The first-order valence-electron chi connectivity index (χ1n) is 10.0. The van der Waals surface area contributed by atoms with E-state index in [0.717, 1.165) is 49.5 Å². The van der Waals surface area contributed by atoms with Crippen molar-refractivity contribution in [2.24, 2.45) is 0 Å². The van der Waals surface area contributed by atoms with Crippen molar-refractivity contribution in [3.8, 4) is 0 Å². The van der Waals surface area contributed by atoms with Crippen molar-refractivity contribution in [2.75, 3.05) is 44.3 Å². The van der Waals surface area contributed by atoms with Crippen LogP contribution in [0, 0.1) is 0 Å². The molecule has 1 aliphatic rings. The lowest BCUT2D eigenvalue weighted by Gasteiger charge is -2.29. The number of amides is 1. The third kappa shape index (κ3) is 4.79. The number of fused-ring (bicyclic) bond motifs is 1. The van der Waals surface area contributed by atoms with Gasteiger partial charge in [0, 0.05) is 31.2 Å². The molecule has 2 heterocycles. The molecule has 0 atom stereocenters. The van der Waals surface area contributed by atoms with Crippen LogP contribution in [0.25, 0.3) is 10.2 Å². The Balaban J connectivity index is 1.67. The highest BCUT2D eigenvalue weighted by Crippen LogP contribution is 2.32. The normalized spacial score (nSPS) is 14.9. The van der Waals surface area contributed by atoms with Gasteiger partial charge in [-0.1, -0.05) is 47.5 Å². The zero-order valence-electron chi connectivity index (χ0n) is 16.7. The molecule has 0 bridgehead atoms. The summed E-state index contributed by atoms with van der Waals surface area (Å²) in [5.74, 6) is -0.189. The third-order valence-corrected chi connectivity index (χ3v) is 6.83. The van der Waals surface area contributed by atoms with E-state index < -0.39 is 0 Å². The summed E-state index contributed by atoms with van der Waals surface area (Å²) < 4.78 is 6.51. The van der Waals surface area contributed by atoms with Gasteiger partial charge in [-0.3, -0.25) is 14.6 Å². The highest BCUT2D eigenvalue weighted by Gasteiger charge is 2.24. The monoisotopic (exact) mass is 463 g/mol. The van der Waals surface area contributed by atoms with E-state index in [2.05, 4.69) is 24.0 Å². The molecular formula is C22H23Cl2N3O2S. The molecule has 30 heavy (non-hydrogen) atoms. The topological polar surface area (TPSA) is 45.7 Å².